The molecule has 0 spiro atoms. The van der Waals surface area contributed by atoms with Crippen molar-refractivity contribution in [1.29, 1.82) is 0 Å². The summed E-state index contributed by atoms with van der Waals surface area (Å²) in [5, 5.41) is 1.16. The molecule has 94 valence electrons. The number of nitrogens with zero attached hydrogens (tertiary/aromatic N) is 4. The standard InChI is InChI=1S/C14H18N4/c1-17(2)14-15-12-8-4-3-7-11(12)13(16-14)18-9-5-6-10-18/h3-4,7-8H,5-6,9-10H2,1-2H3. The molecule has 0 atom stereocenters. The van der Waals surface area contributed by atoms with E-state index in [9.17, 15) is 0 Å². The third-order valence-corrected chi connectivity index (χ3v) is 3.38. The number of benzene rings is 1. The van der Waals surface area contributed by atoms with E-state index in [-0.39, 0.29) is 0 Å². The number of hydrogen-bond acceptors (Lipinski definition) is 4. The average molecular weight is 242 g/mol. The third kappa shape index (κ3) is 1.88. The summed E-state index contributed by atoms with van der Waals surface area (Å²) in [4.78, 5) is 13.7. The lowest BCUT2D eigenvalue weighted by Crippen LogP contribution is -2.21. The van der Waals surface area contributed by atoms with Gasteiger partial charge in [-0.25, -0.2) is 4.98 Å². The van der Waals surface area contributed by atoms with Crippen LogP contribution in [0, 0.1) is 0 Å². The van der Waals surface area contributed by atoms with Gasteiger partial charge < -0.3 is 9.80 Å². The van der Waals surface area contributed by atoms with Crippen molar-refractivity contribution in [2.24, 2.45) is 0 Å². The van der Waals surface area contributed by atoms with Crippen LogP contribution in [0.3, 0.4) is 0 Å². The first-order valence-corrected chi connectivity index (χ1v) is 6.45. The van der Waals surface area contributed by atoms with E-state index in [4.69, 9.17) is 4.98 Å². The number of rotatable bonds is 2. The molecule has 0 radical (unpaired) electrons. The second-order valence-corrected chi connectivity index (χ2v) is 4.95. The molecule has 2 heterocycles. The van der Waals surface area contributed by atoms with Crippen molar-refractivity contribution in [3.8, 4) is 0 Å². The van der Waals surface area contributed by atoms with Crippen LogP contribution in [0.25, 0.3) is 10.9 Å². The summed E-state index contributed by atoms with van der Waals surface area (Å²) in [6.45, 7) is 2.21. The number of anilines is 2. The largest absolute Gasteiger partial charge is 0.356 e. The number of hydrogen-bond donors (Lipinski definition) is 0. The molecule has 18 heavy (non-hydrogen) atoms. The molecule has 2 aromatic rings. The fourth-order valence-electron chi connectivity index (χ4n) is 2.42. The summed E-state index contributed by atoms with van der Waals surface area (Å²) >= 11 is 0. The maximum absolute atomic E-state index is 4.72. The van der Waals surface area contributed by atoms with Gasteiger partial charge in [0.2, 0.25) is 5.95 Å². The Balaban J connectivity index is 2.19. The summed E-state index contributed by atoms with van der Waals surface area (Å²) in [5.41, 5.74) is 1.03. The van der Waals surface area contributed by atoms with Gasteiger partial charge in [-0.05, 0) is 25.0 Å². The minimum atomic E-state index is 0.788. The monoisotopic (exact) mass is 242 g/mol. The molecular formula is C14H18N4. The quantitative estimate of drug-likeness (QED) is 0.809. The van der Waals surface area contributed by atoms with Crippen LogP contribution in [-0.4, -0.2) is 37.2 Å². The van der Waals surface area contributed by atoms with E-state index in [2.05, 4.69) is 28.1 Å². The zero-order chi connectivity index (χ0) is 12.5. The Hall–Kier alpha value is -1.84. The first kappa shape index (κ1) is 11.3. The van der Waals surface area contributed by atoms with E-state index < -0.39 is 0 Å². The Morgan fingerprint density at radius 3 is 2.50 bits per heavy atom. The van der Waals surface area contributed by atoms with E-state index in [1.165, 1.54) is 12.8 Å². The predicted molar refractivity (Wildman–Crippen MR) is 75.3 cm³/mol. The van der Waals surface area contributed by atoms with Crippen molar-refractivity contribution in [3.63, 3.8) is 0 Å². The first-order valence-electron chi connectivity index (χ1n) is 6.45. The Labute approximate surface area is 107 Å². The van der Waals surface area contributed by atoms with E-state index in [1.54, 1.807) is 0 Å². The maximum atomic E-state index is 4.72. The highest BCUT2D eigenvalue weighted by Crippen LogP contribution is 2.28. The third-order valence-electron chi connectivity index (χ3n) is 3.38. The SMILES string of the molecule is CN(C)c1nc(N2CCCC2)c2ccccc2n1. The normalized spacial score (nSPS) is 15.3. The molecule has 4 heteroatoms. The lowest BCUT2D eigenvalue weighted by molar-refractivity contribution is 0.923. The summed E-state index contributed by atoms with van der Waals surface area (Å²) in [7, 11) is 3.97. The predicted octanol–water partition coefficient (Wildman–Crippen LogP) is 2.30. The van der Waals surface area contributed by atoms with Crippen LogP contribution in [0.2, 0.25) is 0 Å². The minimum absolute atomic E-state index is 0.788. The summed E-state index contributed by atoms with van der Waals surface area (Å²) in [5.74, 6) is 1.87. The van der Waals surface area contributed by atoms with Crippen molar-refractivity contribution < 1.29 is 0 Å². The molecule has 0 saturated carbocycles. The highest BCUT2D eigenvalue weighted by Gasteiger charge is 2.18. The maximum Gasteiger partial charge on any atom is 0.227 e. The van der Waals surface area contributed by atoms with Gasteiger partial charge in [-0.2, -0.15) is 4.98 Å². The second-order valence-electron chi connectivity index (χ2n) is 4.95. The number of aromatic nitrogens is 2. The van der Waals surface area contributed by atoms with Gasteiger partial charge in [0.15, 0.2) is 0 Å². The van der Waals surface area contributed by atoms with Crippen molar-refractivity contribution in [3.05, 3.63) is 24.3 Å². The summed E-state index contributed by atoms with van der Waals surface area (Å²) in [6.07, 6.45) is 2.52. The molecule has 1 aromatic carbocycles. The van der Waals surface area contributed by atoms with Gasteiger partial charge in [-0.3, -0.25) is 0 Å². The second kappa shape index (κ2) is 4.44. The van der Waals surface area contributed by atoms with E-state index in [1.807, 2.05) is 25.1 Å². The van der Waals surface area contributed by atoms with E-state index in [0.29, 0.717) is 0 Å². The molecule has 1 fully saturated rings. The molecular weight excluding hydrogens is 224 g/mol. The Morgan fingerprint density at radius 2 is 1.78 bits per heavy atom. The van der Waals surface area contributed by atoms with Gasteiger partial charge in [-0.15, -0.1) is 0 Å². The van der Waals surface area contributed by atoms with Gasteiger partial charge >= 0.3 is 0 Å². The molecule has 0 amide bonds. The number of para-hydroxylation sites is 1. The fraction of sp³-hybridized carbons (Fsp3) is 0.429. The first-order chi connectivity index (χ1) is 8.75. The lowest BCUT2D eigenvalue weighted by Gasteiger charge is -2.20. The van der Waals surface area contributed by atoms with Crippen LogP contribution >= 0.6 is 0 Å². The lowest BCUT2D eigenvalue weighted by atomic mass is 10.2. The van der Waals surface area contributed by atoms with Crippen molar-refractivity contribution in [2.45, 2.75) is 12.8 Å². The van der Waals surface area contributed by atoms with Crippen LogP contribution in [0.4, 0.5) is 11.8 Å². The Morgan fingerprint density at radius 1 is 1.06 bits per heavy atom. The van der Waals surface area contributed by atoms with Gasteiger partial charge in [0.05, 0.1) is 5.52 Å². The average Bonchev–Trinajstić information content (AvgIpc) is 2.91. The Kier molecular flexibility index (Phi) is 2.78. The van der Waals surface area contributed by atoms with Gasteiger partial charge in [0.1, 0.15) is 5.82 Å². The van der Waals surface area contributed by atoms with Crippen LogP contribution in [0.5, 0.6) is 0 Å². The minimum Gasteiger partial charge on any atom is -0.356 e. The topological polar surface area (TPSA) is 32.3 Å². The molecule has 0 bridgehead atoms. The summed E-state index contributed by atoms with van der Waals surface area (Å²) in [6, 6.07) is 8.26. The zero-order valence-corrected chi connectivity index (χ0v) is 10.9. The zero-order valence-electron chi connectivity index (χ0n) is 10.9. The van der Waals surface area contributed by atoms with Gasteiger partial charge in [-0.1, -0.05) is 12.1 Å². The molecule has 4 nitrogen and oxygen atoms in total. The molecule has 0 N–H and O–H groups in total. The molecule has 1 aliphatic rings. The van der Waals surface area contributed by atoms with Crippen LogP contribution in [0.1, 0.15) is 12.8 Å². The van der Waals surface area contributed by atoms with Gasteiger partial charge in [0.25, 0.3) is 0 Å². The van der Waals surface area contributed by atoms with E-state index in [0.717, 1.165) is 35.8 Å². The van der Waals surface area contributed by atoms with Crippen molar-refractivity contribution in [1.82, 2.24) is 9.97 Å². The van der Waals surface area contributed by atoms with Crippen LogP contribution < -0.4 is 9.80 Å². The number of fused-ring (bicyclic) bond motifs is 1. The smallest absolute Gasteiger partial charge is 0.227 e. The van der Waals surface area contributed by atoms with E-state index >= 15 is 0 Å². The molecule has 1 aliphatic heterocycles. The highest BCUT2D eigenvalue weighted by molar-refractivity contribution is 5.90. The van der Waals surface area contributed by atoms with Gasteiger partial charge in [0, 0.05) is 32.6 Å². The van der Waals surface area contributed by atoms with Crippen LogP contribution in [-0.2, 0) is 0 Å². The summed E-state index contributed by atoms with van der Waals surface area (Å²) < 4.78 is 0. The Bertz CT molecular complexity index is 559. The van der Waals surface area contributed by atoms with Crippen LogP contribution in [0.15, 0.2) is 24.3 Å². The molecule has 0 unspecified atom stereocenters. The molecule has 1 aromatic heterocycles. The fourth-order valence-corrected chi connectivity index (χ4v) is 2.42. The highest BCUT2D eigenvalue weighted by atomic mass is 15.3. The molecule has 3 rings (SSSR count). The molecule has 1 saturated heterocycles. The van der Waals surface area contributed by atoms with Crippen molar-refractivity contribution >= 4 is 22.7 Å². The van der Waals surface area contributed by atoms with Crippen molar-refractivity contribution in [2.75, 3.05) is 37.0 Å². The molecule has 0 aliphatic carbocycles.